The first-order chi connectivity index (χ1) is 15.9. The molecule has 1 atom stereocenters. The molecule has 0 radical (unpaired) electrons. The second-order valence-corrected chi connectivity index (χ2v) is 8.29. The van der Waals surface area contributed by atoms with Gasteiger partial charge < -0.3 is 20.1 Å². The molecule has 0 spiro atoms. The molecule has 0 saturated carbocycles. The molecule has 2 N–H and O–H groups in total. The van der Waals surface area contributed by atoms with E-state index in [0.29, 0.717) is 26.9 Å². The van der Waals surface area contributed by atoms with Crippen LogP contribution in [-0.4, -0.2) is 31.5 Å². The molecular formula is C24H23ClN2O5S. The molecule has 0 aliphatic carbocycles. The second kappa shape index (κ2) is 11.5. The van der Waals surface area contributed by atoms with Crippen molar-refractivity contribution in [3.8, 4) is 5.75 Å². The third-order valence-electron chi connectivity index (χ3n) is 4.70. The maximum atomic E-state index is 13.1. The number of carbonyl (C=O) groups is 3. The van der Waals surface area contributed by atoms with E-state index in [-0.39, 0.29) is 24.5 Å². The van der Waals surface area contributed by atoms with Gasteiger partial charge in [0.05, 0.1) is 41.8 Å². The molecule has 0 fully saturated rings. The summed E-state index contributed by atoms with van der Waals surface area (Å²) in [5, 5.41) is 7.69. The van der Waals surface area contributed by atoms with Gasteiger partial charge in [0.25, 0.3) is 11.8 Å². The molecule has 2 amide bonds. The molecule has 3 aromatic rings. The van der Waals surface area contributed by atoms with Gasteiger partial charge >= 0.3 is 5.97 Å². The highest BCUT2D eigenvalue weighted by Gasteiger charge is 2.21. The minimum Gasteiger partial charge on any atom is -0.497 e. The summed E-state index contributed by atoms with van der Waals surface area (Å²) in [6.07, 6.45) is -0.0533. The number of halogens is 1. The number of carbonyl (C=O) groups excluding carboxylic acids is 3. The molecule has 0 bridgehead atoms. The predicted octanol–water partition coefficient (Wildman–Crippen LogP) is 5.09. The molecule has 2 aromatic carbocycles. The van der Waals surface area contributed by atoms with Crippen molar-refractivity contribution in [3.05, 3.63) is 81.0 Å². The Morgan fingerprint density at radius 2 is 1.88 bits per heavy atom. The number of esters is 1. The van der Waals surface area contributed by atoms with Crippen molar-refractivity contribution in [1.29, 1.82) is 0 Å². The normalized spacial score (nSPS) is 11.4. The van der Waals surface area contributed by atoms with Crippen molar-refractivity contribution in [2.45, 2.75) is 19.4 Å². The van der Waals surface area contributed by atoms with E-state index >= 15 is 0 Å². The summed E-state index contributed by atoms with van der Waals surface area (Å²) < 4.78 is 10.3. The highest BCUT2D eigenvalue weighted by Crippen LogP contribution is 2.26. The van der Waals surface area contributed by atoms with Gasteiger partial charge in [-0.2, -0.15) is 0 Å². The van der Waals surface area contributed by atoms with Crippen molar-refractivity contribution >= 4 is 46.4 Å². The van der Waals surface area contributed by atoms with E-state index in [2.05, 4.69) is 10.6 Å². The third-order valence-corrected chi connectivity index (χ3v) is 5.90. The van der Waals surface area contributed by atoms with Gasteiger partial charge in [-0.3, -0.25) is 14.4 Å². The number of rotatable bonds is 9. The molecular weight excluding hydrogens is 464 g/mol. The van der Waals surface area contributed by atoms with Crippen LogP contribution in [0.3, 0.4) is 0 Å². The molecule has 3 rings (SSSR count). The highest BCUT2D eigenvalue weighted by atomic mass is 35.5. The zero-order chi connectivity index (χ0) is 23.8. The largest absolute Gasteiger partial charge is 0.497 e. The third kappa shape index (κ3) is 6.57. The van der Waals surface area contributed by atoms with Crippen LogP contribution in [0.2, 0.25) is 5.02 Å². The number of ether oxygens (including phenoxy) is 2. The number of methoxy groups -OCH3 is 1. The lowest BCUT2D eigenvalue weighted by molar-refractivity contribution is -0.143. The second-order valence-electron chi connectivity index (χ2n) is 6.94. The van der Waals surface area contributed by atoms with Crippen LogP contribution in [0, 0.1) is 0 Å². The summed E-state index contributed by atoms with van der Waals surface area (Å²) in [5.41, 5.74) is 1.28. The molecule has 1 heterocycles. The van der Waals surface area contributed by atoms with Crippen LogP contribution < -0.4 is 15.4 Å². The molecule has 0 aliphatic heterocycles. The lowest BCUT2D eigenvalue weighted by Crippen LogP contribution is -2.30. The Balaban J connectivity index is 1.82. The van der Waals surface area contributed by atoms with Gasteiger partial charge in [0.1, 0.15) is 5.75 Å². The van der Waals surface area contributed by atoms with Gasteiger partial charge in [0, 0.05) is 5.56 Å². The van der Waals surface area contributed by atoms with Crippen LogP contribution in [0.15, 0.2) is 60.0 Å². The first-order valence-corrected chi connectivity index (χ1v) is 11.4. The van der Waals surface area contributed by atoms with E-state index in [1.54, 1.807) is 54.8 Å². The number of hydrogen-bond acceptors (Lipinski definition) is 6. The van der Waals surface area contributed by atoms with Crippen LogP contribution in [-0.2, 0) is 9.53 Å². The van der Waals surface area contributed by atoms with E-state index in [0.717, 1.165) is 0 Å². The maximum Gasteiger partial charge on any atom is 0.308 e. The van der Waals surface area contributed by atoms with Gasteiger partial charge in [-0.25, -0.2) is 0 Å². The Morgan fingerprint density at radius 3 is 2.58 bits per heavy atom. The van der Waals surface area contributed by atoms with Crippen LogP contribution in [0.5, 0.6) is 5.75 Å². The quantitative estimate of drug-likeness (QED) is 0.411. The molecule has 7 nitrogen and oxygen atoms in total. The van der Waals surface area contributed by atoms with Crippen molar-refractivity contribution in [2.75, 3.05) is 19.0 Å². The molecule has 33 heavy (non-hydrogen) atoms. The number of amides is 2. The summed E-state index contributed by atoms with van der Waals surface area (Å²) in [6.45, 7) is 1.96. The monoisotopic (exact) mass is 486 g/mol. The number of benzene rings is 2. The number of nitrogens with one attached hydrogen (secondary N) is 2. The van der Waals surface area contributed by atoms with Gasteiger partial charge in [-0.15, -0.1) is 11.3 Å². The number of anilines is 1. The van der Waals surface area contributed by atoms with Gasteiger partial charge in [0.15, 0.2) is 0 Å². The minimum absolute atomic E-state index is 0.0533. The summed E-state index contributed by atoms with van der Waals surface area (Å²) in [6, 6.07) is 14.5. The molecule has 1 aromatic heterocycles. The fourth-order valence-electron chi connectivity index (χ4n) is 3.09. The average molecular weight is 487 g/mol. The van der Waals surface area contributed by atoms with Crippen LogP contribution in [0.4, 0.5) is 5.69 Å². The first kappa shape index (κ1) is 24.3. The fraction of sp³-hybridized carbons (Fsp3) is 0.208. The topological polar surface area (TPSA) is 93.7 Å². The van der Waals surface area contributed by atoms with Crippen molar-refractivity contribution < 1.29 is 23.9 Å². The summed E-state index contributed by atoms with van der Waals surface area (Å²) in [7, 11) is 1.54. The smallest absolute Gasteiger partial charge is 0.308 e. The number of hydrogen-bond donors (Lipinski definition) is 2. The van der Waals surface area contributed by atoms with E-state index in [1.807, 2.05) is 0 Å². The summed E-state index contributed by atoms with van der Waals surface area (Å²) >= 11 is 7.52. The molecule has 0 aliphatic rings. The Morgan fingerprint density at radius 1 is 1.06 bits per heavy atom. The van der Waals surface area contributed by atoms with Gasteiger partial charge in [-0.1, -0.05) is 29.8 Å². The SMILES string of the molecule is CCOC(=O)CC(NC(=O)c1ccc(Cl)c(NC(=O)c2cccs2)c1)c1cccc(OC)c1. The summed E-state index contributed by atoms with van der Waals surface area (Å²) in [4.78, 5) is 38.1. The van der Waals surface area contributed by atoms with Gasteiger partial charge in [0.2, 0.25) is 0 Å². The van der Waals surface area contributed by atoms with Crippen LogP contribution >= 0.6 is 22.9 Å². The van der Waals surface area contributed by atoms with Crippen LogP contribution in [0.1, 0.15) is 45.0 Å². The molecule has 9 heteroatoms. The van der Waals surface area contributed by atoms with Crippen LogP contribution in [0.25, 0.3) is 0 Å². The summed E-state index contributed by atoms with van der Waals surface area (Å²) in [5.74, 6) is -0.595. The van der Waals surface area contributed by atoms with Crippen molar-refractivity contribution in [3.63, 3.8) is 0 Å². The van der Waals surface area contributed by atoms with E-state index in [4.69, 9.17) is 21.1 Å². The Hall–Kier alpha value is -3.36. The number of thiophene rings is 1. The van der Waals surface area contributed by atoms with E-state index in [1.165, 1.54) is 30.6 Å². The average Bonchev–Trinajstić information content (AvgIpc) is 3.35. The van der Waals surface area contributed by atoms with Crippen molar-refractivity contribution in [2.24, 2.45) is 0 Å². The highest BCUT2D eigenvalue weighted by molar-refractivity contribution is 7.12. The lowest BCUT2D eigenvalue weighted by atomic mass is 10.0. The molecule has 1 unspecified atom stereocenters. The lowest BCUT2D eigenvalue weighted by Gasteiger charge is -2.19. The maximum absolute atomic E-state index is 13.1. The minimum atomic E-state index is -0.647. The first-order valence-electron chi connectivity index (χ1n) is 10.2. The predicted molar refractivity (Wildman–Crippen MR) is 128 cm³/mol. The zero-order valence-electron chi connectivity index (χ0n) is 18.1. The zero-order valence-corrected chi connectivity index (χ0v) is 19.7. The molecule has 172 valence electrons. The van der Waals surface area contributed by atoms with Gasteiger partial charge in [-0.05, 0) is 54.3 Å². The Labute approximate surface area is 200 Å². The molecule has 0 saturated heterocycles. The van der Waals surface area contributed by atoms with E-state index < -0.39 is 17.9 Å². The van der Waals surface area contributed by atoms with Crippen molar-refractivity contribution in [1.82, 2.24) is 5.32 Å². The van der Waals surface area contributed by atoms with E-state index in [9.17, 15) is 14.4 Å². The Kier molecular flexibility index (Phi) is 8.46. The Bertz CT molecular complexity index is 1130. The fourth-order valence-corrected chi connectivity index (χ4v) is 3.88. The standard InChI is InChI=1S/C24H23ClN2O5S/c1-3-32-22(28)14-19(15-6-4-7-17(12-15)31-2)26-23(29)16-9-10-18(25)20(13-16)27-24(30)21-8-5-11-33-21/h4-13,19H,3,14H2,1-2H3,(H,26,29)(H,27,30).